The second kappa shape index (κ2) is 9.29. The molecule has 4 nitrogen and oxygen atoms in total. The number of rotatable bonds is 9. The van der Waals surface area contributed by atoms with Crippen molar-refractivity contribution in [1.29, 1.82) is 0 Å². The van der Waals surface area contributed by atoms with Crippen LogP contribution < -0.4 is 0 Å². The van der Waals surface area contributed by atoms with Crippen LogP contribution in [-0.2, 0) is 12.8 Å². The highest BCUT2D eigenvalue weighted by Gasteiger charge is 2.28. The molecule has 2 aromatic heterocycles. The number of nitrogens with one attached hydrogen (secondary N) is 2. The van der Waals surface area contributed by atoms with Gasteiger partial charge in [-0.25, -0.2) is 0 Å². The van der Waals surface area contributed by atoms with Crippen LogP contribution in [0.1, 0.15) is 98.4 Å². The van der Waals surface area contributed by atoms with E-state index in [1.165, 1.54) is 5.56 Å². The number of aldehydes is 2. The number of carbonyl (C=O) groups is 2. The molecule has 4 heteroatoms. The van der Waals surface area contributed by atoms with Crippen LogP contribution >= 0.6 is 0 Å². The lowest BCUT2D eigenvalue weighted by Crippen LogP contribution is -2.08. The highest BCUT2D eigenvalue weighted by molar-refractivity contribution is 5.78. The van der Waals surface area contributed by atoms with E-state index in [9.17, 15) is 9.59 Å². The normalized spacial score (nSPS) is 11.3. The van der Waals surface area contributed by atoms with Crippen molar-refractivity contribution in [3.05, 3.63) is 80.4 Å². The second-order valence-electron chi connectivity index (χ2n) is 8.19. The first-order valence-corrected chi connectivity index (χ1v) is 10.9. The van der Waals surface area contributed by atoms with Gasteiger partial charge in [-0.1, -0.05) is 56.5 Å². The molecule has 0 radical (unpaired) electrons. The molecule has 0 amide bonds. The number of hydrogen-bond acceptors (Lipinski definition) is 2. The first-order valence-electron chi connectivity index (χ1n) is 10.9. The number of H-pyrrole nitrogens is 2. The molecule has 0 saturated heterocycles. The highest BCUT2D eigenvalue weighted by atomic mass is 16.1. The molecular formula is C26H32N2O2. The SMILES string of the molecule is CCCc1c(C=O)[nH]c(C(c2ccc(C)cc2)c2[nH]c(C=O)c(CCC)c2C)c1C. The molecule has 2 heterocycles. The molecule has 0 spiro atoms. The van der Waals surface area contributed by atoms with Crippen LogP contribution in [0, 0.1) is 20.8 Å². The van der Waals surface area contributed by atoms with Gasteiger partial charge in [-0.15, -0.1) is 0 Å². The van der Waals surface area contributed by atoms with E-state index < -0.39 is 0 Å². The fourth-order valence-electron chi connectivity index (χ4n) is 4.52. The van der Waals surface area contributed by atoms with Crippen LogP contribution in [0.3, 0.4) is 0 Å². The van der Waals surface area contributed by atoms with Crippen molar-refractivity contribution in [2.45, 2.75) is 66.2 Å². The van der Waals surface area contributed by atoms with Gasteiger partial charge in [0.05, 0.1) is 17.3 Å². The second-order valence-corrected chi connectivity index (χ2v) is 8.19. The molecule has 0 aliphatic heterocycles. The monoisotopic (exact) mass is 404 g/mol. The summed E-state index contributed by atoms with van der Waals surface area (Å²) in [6, 6.07) is 8.50. The predicted molar refractivity (Wildman–Crippen MR) is 122 cm³/mol. The minimum Gasteiger partial charge on any atom is -0.355 e. The zero-order chi connectivity index (χ0) is 21.8. The summed E-state index contributed by atoms with van der Waals surface area (Å²) in [4.78, 5) is 30.4. The van der Waals surface area contributed by atoms with Gasteiger partial charge in [0.1, 0.15) is 0 Å². The lowest BCUT2D eigenvalue weighted by atomic mass is 9.87. The molecule has 30 heavy (non-hydrogen) atoms. The van der Waals surface area contributed by atoms with E-state index in [-0.39, 0.29) is 5.92 Å². The number of hydrogen-bond donors (Lipinski definition) is 2. The summed E-state index contributed by atoms with van der Waals surface area (Å²) in [6.07, 6.45) is 5.53. The number of aromatic nitrogens is 2. The molecular weight excluding hydrogens is 372 g/mol. The van der Waals surface area contributed by atoms with Crippen LogP contribution in [0.5, 0.6) is 0 Å². The number of aromatic amines is 2. The Morgan fingerprint density at radius 3 is 1.57 bits per heavy atom. The van der Waals surface area contributed by atoms with Crippen molar-refractivity contribution in [3.63, 3.8) is 0 Å². The van der Waals surface area contributed by atoms with Crippen LogP contribution in [-0.4, -0.2) is 22.5 Å². The maximum absolute atomic E-state index is 11.8. The largest absolute Gasteiger partial charge is 0.355 e. The predicted octanol–water partition coefficient (Wildman–Crippen LogP) is 5.98. The molecule has 0 saturated carbocycles. The average Bonchev–Trinajstić information content (AvgIpc) is 3.22. The molecule has 0 atom stereocenters. The van der Waals surface area contributed by atoms with Crippen molar-refractivity contribution in [2.24, 2.45) is 0 Å². The van der Waals surface area contributed by atoms with E-state index in [1.54, 1.807) is 0 Å². The van der Waals surface area contributed by atoms with Crippen molar-refractivity contribution in [1.82, 2.24) is 9.97 Å². The maximum atomic E-state index is 11.8. The summed E-state index contributed by atoms with van der Waals surface area (Å²) >= 11 is 0. The lowest BCUT2D eigenvalue weighted by Gasteiger charge is -2.19. The van der Waals surface area contributed by atoms with Crippen LogP contribution in [0.25, 0.3) is 0 Å². The zero-order valence-electron chi connectivity index (χ0n) is 18.7. The van der Waals surface area contributed by atoms with Gasteiger partial charge in [0.15, 0.2) is 12.6 Å². The summed E-state index contributed by atoms with van der Waals surface area (Å²) < 4.78 is 0. The summed E-state index contributed by atoms with van der Waals surface area (Å²) in [6.45, 7) is 10.5. The van der Waals surface area contributed by atoms with Gasteiger partial charge >= 0.3 is 0 Å². The van der Waals surface area contributed by atoms with Gasteiger partial charge < -0.3 is 9.97 Å². The van der Waals surface area contributed by atoms with Crippen molar-refractivity contribution < 1.29 is 9.59 Å². The minimum atomic E-state index is -0.0980. The van der Waals surface area contributed by atoms with Gasteiger partial charge in [0, 0.05) is 11.4 Å². The fraction of sp³-hybridized carbons (Fsp3) is 0.385. The third-order valence-corrected chi connectivity index (χ3v) is 6.13. The van der Waals surface area contributed by atoms with Crippen molar-refractivity contribution in [3.8, 4) is 0 Å². The van der Waals surface area contributed by atoms with Gasteiger partial charge in [-0.05, 0) is 61.4 Å². The quantitative estimate of drug-likeness (QED) is 0.431. The lowest BCUT2D eigenvalue weighted by molar-refractivity contribution is 0.111. The summed E-state index contributed by atoms with van der Waals surface area (Å²) in [5.41, 5.74) is 10.1. The molecule has 158 valence electrons. The third kappa shape index (κ3) is 3.91. The maximum Gasteiger partial charge on any atom is 0.166 e. The molecule has 0 aliphatic carbocycles. The van der Waals surface area contributed by atoms with Gasteiger partial charge in [-0.2, -0.15) is 0 Å². The van der Waals surface area contributed by atoms with Crippen molar-refractivity contribution >= 4 is 12.6 Å². The van der Waals surface area contributed by atoms with E-state index in [0.29, 0.717) is 11.4 Å². The topological polar surface area (TPSA) is 65.7 Å². The molecule has 0 unspecified atom stereocenters. The molecule has 3 aromatic rings. The van der Waals surface area contributed by atoms with Crippen molar-refractivity contribution in [2.75, 3.05) is 0 Å². The molecule has 0 aliphatic rings. The Balaban J connectivity index is 2.28. The minimum absolute atomic E-state index is 0.0980. The fourth-order valence-corrected chi connectivity index (χ4v) is 4.52. The van der Waals surface area contributed by atoms with E-state index in [0.717, 1.165) is 77.5 Å². The Morgan fingerprint density at radius 1 is 0.767 bits per heavy atom. The molecule has 0 fully saturated rings. The van der Waals surface area contributed by atoms with Gasteiger partial charge in [-0.3, -0.25) is 9.59 Å². The Hall–Kier alpha value is -2.88. The Bertz CT molecular complexity index is 976. The summed E-state index contributed by atoms with van der Waals surface area (Å²) in [5, 5.41) is 0. The molecule has 2 N–H and O–H groups in total. The van der Waals surface area contributed by atoms with Crippen LogP contribution in [0.4, 0.5) is 0 Å². The highest BCUT2D eigenvalue weighted by Crippen LogP contribution is 2.38. The molecule has 0 bridgehead atoms. The molecule has 3 rings (SSSR count). The van der Waals surface area contributed by atoms with E-state index in [4.69, 9.17) is 0 Å². The van der Waals surface area contributed by atoms with E-state index in [2.05, 4.69) is 68.9 Å². The van der Waals surface area contributed by atoms with Crippen LogP contribution in [0.2, 0.25) is 0 Å². The number of aryl methyl sites for hydroxylation is 1. The Labute approximate surface area is 179 Å². The summed E-state index contributed by atoms with van der Waals surface area (Å²) in [7, 11) is 0. The van der Waals surface area contributed by atoms with Crippen LogP contribution in [0.15, 0.2) is 24.3 Å². The smallest absolute Gasteiger partial charge is 0.166 e. The standard InChI is InChI=1S/C26H32N2O2/c1-6-8-20-17(4)25(27-22(20)14-29)24(19-12-10-16(3)11-13-19)26-18(5)21(9-7-2)23(15-30)28-26/h10-15,24,27-28H,6-9H2,1-5H3. The average molecular weight is 405 g/mol. The third-order valence-electron chi connectivity index (χ3n) is 6.13. The Kier molecular flexibility index (Phi) is 6.76. The van der Waals surface area contributed by atoms with Gasteiger partial charge in [0.25, 0.3) is 0 Å². The number of carbonyl (C=O) groups excluding carboxylic acids is 2. The van der Waals surface area contributed by atoms with Gasteiger partial charge in [0.2, 0.25) is 0 Å². The molecule has 1 aromatic carbocycles. The summed E-state index contributed by atoms with van der Waals surface area (Å²) in [5.74, 6) is -0.0980. The zero-order valence-corrected chi connectivity index (χ0v) is 18.7. The van der Waals surface area contributed by atoms with E-state index in [1.807, 2.05) is 0 Å². The Morgan fingerprint density at radius 2 is 1.20 bits per heavy atom. The first kappa shape index (κ1) is 21.8. The number of benzene rings is 1. The van der Waals surface area contributed by atoms with E-state index >= 15 is 0 Å². The first-order chi connectivity index (χ1) is 14.5.